The van der Waals surface area contributed by atoms with Crippen molar-refractivity contribution in [3.63, 3.8) is 0 Å². The van der Waals surface area contributed by atoms with Crippen molar-refractivity contribution in [3.05, 3.63) is 24.3 Å². The standard InChI is InChI=1S/C12H16ClN3S/c1-17-7-3-2-6-16-11-4-5-14-9-10(11)15-12(16)8-13/h4-5,9H,2-3,6-8H2,1H3. The van der Waals surface area contributed by atoms with Crippen LogP contribution in [0.25, 0.3) is 11.0 Å². The molecule has 0 bridgehead atoms. The molecule has 0 N–H and O–H groups in total. The lowest BCUT2D eigenvalue weighted by molar-refractivity contribution is 0.631. The third kappa shape index (κ3) is 2.93. The van der Waals surface area contributed by atoms with Gasteiger partial charge < -0.3 is 4.57 Å². The van der Waals surface area contributed by atoms with E-state index in [4.69, 9.17) is 11.6 Å². The van der Waals surface area contributed by atoms with Crippen LogP contribution >= 0.6 is 23.4 Å². The topological polar surface area (TPSA) is 30.7 Å². The molecule has 3 nitrogen and oxygen atoms in total. The number of hydrogen-bond donors (Lipinski definition) is 0. The van der Waals surface area contributed by atoms with E-state index in [1.165, 1.54) is 18.6 Å². The van der Waals surface area contributed by atoms with E-state index in [0.29, 0.717) is 5.88 Å². The molecule has 0 saturated heterocycles. The van der Waals surface area contributed by atoms with Crippen LogP contribution in [0.3, 0.4) is 0 Å². The highest BCUT2D eigenvalue weighted by molar-refractivity contribution is 7.98. The van der Waals surface area contributed by atoms with Crippen LogP contribution in [-0.2, 0) is 12.4 Å². The summed E-state index contributed by atoms with van der Waals surface area (Å²) >= 11 is 7.83. The molecule has 0 aliphatic rings. The molecule has 5 heteroatoms. The van der Waals surface area contributed by atoms with E-state index in [1.807, 2.05) is 17.8 Å². The zero-order chi connectivity index (χ0) is 12.1. The molecule has 0 atom stereocenters. The fraction of sp³-hybridized carbons (Fsp3) is 0.500. The molecule has 92 valence electrons. The van der Waals surface area contributed by atoms with Crippen molar-refractivity contribution in [1.29, 1.82) is 0 Å². The molecule has 0 fully saturated rings. The first-order valence-electron chi connectivity index (χ1n) is 5.71. The summed E-state index contributed by atoms with van der Waals surface area (Å²) in [6.45, 7) is 0.989. The minimum atomic E-state index is 0.456. The lowest BCUT2D eigenvalue weighted by atomic mass is 10.3. The van der Waals surface area contributed by atoms with E-state index >= 15 is 0 Å². The van der Waals surface area contributed by atoms with Gasteiger partial charge in [-0.15, -0.1) is 11.6 Å². The lowest BCUT2D eigenvalue weighted by Crippen LogP contribution is -2.02. The van der Waals surface area contributed by atoms with Crippen LogP contribution < -0.4 is 0 Å². The lowest BCUT2D eigenvalue weighted by Gasteiger charge is -2.06. The number of aryl methyl sites for hydroxylation is 1. The maximum absolute atomic E-state index is 5.94. The third-order valence-electron chi connectivity index (χ3n) is 2.73. The molecule has 2 aromatic heterocycles. The number of fused-ring (bicyclic) bond motifs is 1. The van der Waals surface area contributed by atoms with Crippen LogP contribution in [0.2, 0.25) is 0 Å². The predicted octanol–water partition coefficient (Wildman–Crippen LogP) is 3.31. The molecule has 2 rings (SSSR count). The Kier molecular flexibility index (Phi) is 4.68. The quantitative estimate of drug-likeness (QED) is 0.595. The Morgan fingerprint density at radius 2 is 2.29 bits per heavy atom. The number of rotatable bonds is 6. The van der Waals surface area contributed by atoms with Crippen molar-refractivity contribution in [3.8, 4) is 0 Å². The Morgan fingerprint density at radius 1 is 1.41 bits per heavy atom. The van der Waals surface area contributed by atoms with Gasteiger partial charge >= 0.3 is 0 Å². The molecule has 0 aromatic carbocycles. The second-order valence-electron chi connectivity index (χ2n) is 3.88. The first-order valence-corrected chi connectivity index (χ1v) is 7.63. The summed E-state index contributed by atoms with van der Waals surface area (Å²) in [5, 5.41) is 0. The largest absolute Gasteiger partial charge is 0.327 e. The SMILES string of the molecule is CSCCCCn1c(CCl)nc2cnccc21. The number of halogens is 1. The molecule has 2 heterocycles. The Bertz CT molecular complexity index is 484. The van der Waals surface area contributed by atoms with E-state index in [-0.39, 0.29) is 0 Å². The number of nitrogens with zero attached hydrogens (tertiary/aromatic N) is 3. The van der Waals surface area contributed by atoms with E-state index in [1.54, 1.807) is 12.4 Å². The molecule has 0 spiro atoms. The average Bonchev–Trinajstić information content (AvgIpc) is 2.73. The van der Waals surface area contributed by atoms with Gasteiger partial charge in [0, 0.05) is 12.7 Å². The molecule has 0 radical (unpaired) electrons. The number of aromatic nitrogens is 3. The molecule has 2 aromatic rings. The third-order valence-corrected chi connectivity index (χ3v) is 3.67. The molecule has 0 saturated carbocycles. The highest BCUT2D eigenvalue weighted by atomic mass is 35.5. The Morgan fingerprint density at radius 3 is 3.06 bits per heavy atom. The first-order chi connectivity index (χ1) is 8.36. The molecular formula is C12H16ClN3S. The van der Waals surface area contributed by atoms with Crippen LogP contribution in [-0.4, -0.2) is 26.5 Å². The van der Waals surface area contributed by atoms with Gasteiger partial charge in [0.15, 0.2) is 0 Å². The van der Waals surface area contributed by atoms with Gasteiger partial charge in [-0.05, 0) is 30.9 Å². The zero-order valence-electron chi connectivity index (χ0n) is 9.90. The monoisotopic (exact) mass is 269 g/mol. The zero-order valence-corrected chi connectivity index (χ0v) is 11.5. The number of thioether (sulfide) groups is 1. The molecular weight excluding hydrogens is 254 g/mol. The fourth-order valence-electron chi connectivity index (χ4n) is 1.90. The molecule has 0 unspecified atom stereocenters. The van der Waals surface area contributed by atoms with Crippen LogP contribution in [0.4, 0.5) is 0 Å². The number of pyridine rings is 1. The second kappa shape index (κ2) is 6.26. The fourth-order valence-corrected chi connectivity index (χ4v) is 2.60. The Labute approximate surface area is 111 Å². The van der Waals surface area contributed by atoms with Gasteiger partial charge in [-0.1, -0.05) is 0 Å². The number of unbranched alkanes of at least 4 members (excludes halogenated alkanes) is 1. The summed E-state index contributed by atoms with van der Waals surface area (Å²) in [7, 11) is 0. The van der Waals surface area contributed by atoms with E-state index < -0.39 is 0 Å². The highest BCUT2D eigenvalue weighted by Crippen LogP contribution is 2.17. The van der Waals surface area contributed by atoms with Crippen molar-refractivity contribution in [2.24, 2.45) is 0 Å². The summed E-state index contributed by atoms with van der Waals surface area (Å²) in [6.07, 6.45) is 8.14. The Balaban J connectivity index is 2.18. The van der Waals surface area contributed by atoms with Gasteiger partial charge in [-0.3, -0.25) is 4.98 Å². The predicted molar refractivity (Wildman–Crippen MR) is 74.7 cm³/mol. The normalized spacial score (nSPS) is 11.2. The van der Waals surface area contributed by atoms with Crippen molar-refractivity contribution in [2.45, 2.75) is 25.3 Å². The molecule has 0 aliphatic carbocycles. The average molecular weight is 270 g/mol. The van der Waals surface area contributed by atoms with Crippen molar-refractivity contribution in [1.82, 2.24) is 14.5 Å². The summed E-state index contributed by atoms with van der Waals surface area (Å²) in [4.78, 5) is 8.58. The van der Waals surface area contributed by atoms with E-state index in [2.05, 4.69) is 20.8 Å². The Hall–Kier alpha value is -0.740. The van der Waals surface area contributed by atoms with Crippen molar-refractivity contribution < 1.29 is 0 Å². The van der Waals surface area contributed by atoms with Crippen molar-refractivity contribution >= 4 is 34.4 Å². The van der Waals surface area contributed by atoms with Gasteiger partial charge in [0.1, 0.15) is 11.3 Å². The van der Waals surface area contributed by atoms with E-state index in [0.717, 1.165) is 23.4 Å². The summed E-state index contributed by atoms with van der Waals surface area (Å²) in [5.41, 5.74) is 2.08. The van der Waals surface area contributed by atoms with Crippen LogP contribution in [0.15, 0.2) is 18.5 Å². The maximum atomic E-state index is 5.94. The van der Waals surface area contributed by atoms with Gasteiger partial charge in [0.2, 0.25) is 0 Å². The second-order valence-corrected chi connectivity index (χ2v) is 5.13. The van der Waals surface area contributed by atoms with Crippen LogP contribution in [0.1, 0.15) is 18.7 Å². The number of imidazole rings is 1. The van der Waals surface area contributed by atoms with Gasteiger partial charge in [-0.25, -0.2) is 4.98 Å². The minimum absolute atomic E-state index is 0.456. The van der Waals surface area contributed by atoms with Gasteiger partial charge in [0.05, 0.1) is 17.6 Å². The maximum Gasteiger partial charge on any atom is 0.124 e. The number of hydrogen-bond acceptors (Lipinski definition) is 3. The summed E-state index contributed by atoms with van der Waals surface area (Å²) in [5.74, 6) is 2.61. The van der Waals surface area contributed by atoms with Crippen LogP contribution in [0, 0.1) is 0 Å². The van der Waals surface area contributed by atoms with Crippen LogP contribution in [0.5, 0.6) is 0 Å². The minimum Gasteiger partial charge on any atom is -0.327 e. The van der Waals surface area contributed by atoms with Gasteiger partial charge in [-0.2, -0.15) is 11.8 Å². The molecule has 0 aliphatic heterocycles. The molecule has 17 heavy (non-hydrogen) atoms. The van der Waals surface area contributed by atoms with E-state index in [9.17, 15) is 0 Å². The van der Waals surface area contributed by atoms with Gasteiger partial charge in [0.25, 0.3) is 0 Å². The first kappa shape index (κ1) is 12.7. The smallest absolute Gasteiger partial charge is 0.124 e. The highest BCUT2D eigenvalue weighted by Gasteiger charge is 2.08. The summed E-state index contributed by atoms with van der Waals surface area (Å²) in [6, 6.07) is 2.01. The summed E-state index contributed by atoms with van der Waals surface area (Å²) < 4.78 is 2.21. The van der Waals surface area contributed by atoms with Crippen molar-refractivity contribution in [2.75, 3.05) is 12.0 Å². The molecule has 0 amide bonds. The number of alkyl halides is 1.